The van der Waals surface area contributed by atoms with E-state index in [1.54, 1.807) is 18.7 Å². The summed E-state index contributed by atoms with van der Waals surface area (Å²) in [7, 11) is 0. The fourth-order valence-electron chi connectivity index (χ4n) is 7.92. The second-order valence-electron chi connectivity index (χ2n) is 16.1. The van der Waals surface area contributed by atoms with Crippen LogP contribution in [0.1, 0.15) is 125 Å². The number of hydrogen-bond acceptors (Lipinski definition) is 7. The number of nitrogens with zero attached hydrogens (tertiary/aromatic N) is 1. The van der Waals surface area contributed by atoms with Crippen LogP contribution in [0.25, 0.3) is 0 Å². The van der Waals surface area contributed by atoms with E-state index in [1.165, 1.54) is 0 Å². The monoisotopic (exact) mass is 700 g/mol. The van der Waals surface area contributed by atoms with Gasteiger partial charge in [0.05, 0.1) is 6.04 Å². The number of ketones is 1. The van der Waals surface area contributed by atoms with E-state index >= 15 is 0 Å². The molecule has 0 unspecified atom stereocenters. The molecule has 1 aliphatic heterocycles. The van der Waals surface area contributed by atoms with Gasteiger partial charge in [0.25, 0.3) is 5.91 Å². The zero-order chi connectivity index (χ0) is 36.7. The van der Waals surface area contributed by atoms with Gasteiger partial charge in [-0.2, -0.15) is 0 Å². The Morgan fingerprint density at radius 3 is 2.06 bits per heavy atom. The Kier molecular flexibility index (Phi) is 13.5. The van der Waals surface area contributed by atoms with E-state index < -0.39 is 65.0 Å². The summed E-state index contributed by atoms with van der Waals surface area (Å²) in [6.45, 7) is 11.1. The minimum atomic E-state index is -1.01. The van der Waals surface area contributed by atoms with Gasteiger partial charge < -0.3 is 31.5 Å². The first kappa shape index (κ1) is 39.3. The highest BCUT2D eigenvalue weighted by atomic mass is 16.2. The van der Waals surface area contributed by atoms with Crippen molar-refractivity contribution in [3.05, 3.63) is 0 Å². The topological polar surface area (TPSA) is 183 Å². The Morgan fingerprint density at radius 1 is 0.780 bits per heavy atom. The lowest BCUT2D eigenvalue weighted by Crippen LogP contribution is -2.63. The smallest absolute Gasteiger partial charge is 0.289 e. The summed E-state index contributed by atoms with van der Waals surface area (Å²) in [5.74, 6) is -3.54. The van der Waals surface area contributed by atoms with E-state index in [0.29, 0.717) is 19.4 Å². The minimum absolute atomic E-state index is 0.00696. The van der Waals surface area contributed by atoms with Crippen LogP contribution in [0.15, 0.2) is 0 Å². The summed E-state index contributed by atoms with van der Waals surface area (Å²) >= 11 is 0. The van der Waals surface area contributed by atoms with Crippen LogP contribution in [0.2, 0.25) is 0 Å². The maximum absolute atomic E-state index is 14.6. The second kappa shape index (κ2) is 17.1. The number of rotatable bonds is 15. The third-order valence-electron chi connectivity index (χ3n) is 11.0. The number of hydrogen-bond donors (Lipinski definition) is 5. The highest BCUT2D eigenvalue weighted by Crippen LogP contribution is 2.43. The Morgan fingerprint density at radius 2 is 1.46 bits per heavy atom. The van der Waals surface area contributed by atoms with Crippen molar-refractivity contribution < 1.29 is 33.6 Å². The SMILES string of the molecule is CCC[C@H](NC(=O)[C@@H]1[C@H]2CCC[C@H]2CN1C(=O)[C@@H](NC(=O)[C@@H](NC(=O)[C@@H](C)NC(=O)CC)C1CCCCC1)C(C)(C)C)C(=O)C(=O)NC1CC1. The number of carbonyl (C=O) groups excluding carboxylic acids is 7. The molecule has 1 heterocycles. The summed E-state index contributed by atoms with van der Waals surface area (Å²) in [6, 6.07) is -4.58. The van der Waals surface area contributed by atoms with Gasteiger partial charge in [0.2, 0.25) is 35.3 Å². The van der Waals surface area contributed by atoms with Gasteiger partial charge in [0.15, 0.2) is 0 Å². The zero-order valence-corrected chi connectivity index (χ0v) is 30.9. The van der Waals surface area contributed by atoms with Gasteiger partial charge in [-0.3, -0.25) is 33.6 Å². The quantitative estimate of drug-likeness (QED) is 0.162. The van der Waals surface area contributed by atoms with Crippen LogP contribution in [-0.2, 0) is 33.6 Å². The van der Waals surface area contributed by atoms with Crippen molar-refractivity contribution in [1.82, 2.24) is 31.5 Å². The van der Waals surface area contributed by atoms with Crippen LogP contribution in [-0.4, -0.2) is 88.9 Å². The third-order valence-corrected chi connectivity index (χ3v) is 11.0. The van der Waals surface area contributed by atoms with E-state index in [9.17, 15) is 33.6 Å². The number of amides is 6. The second-order valence-corrected chi connectivity index (χ2v) is 16.1. The van der Waals surface area contributed by atoms with Crippen molar-refractivity contribution in [1.29, 1.82) is 0 Å². The van der Waals surface area contributed by atoms with Crippen LogP contribution in [0, 0.1) is 23.2 Å². The predicted molar refractivity (Wildman–Crippen MR) is 187 cm³/mol. The molecule has 0 spiro atoms. The molecule has 3 aliphatic carbocycles. The van der Waals surface area contributed by atoms with Gasteiger partial charge in [0.1, 0.15) is 24.2 Å². The minimum Gasteiger partial charge on any atom is -0.347 e. The molecule has 13 nitrogen and oxygen atoms in total. The Hall–Kier alpha value is -3.51. The maximum Gasteiger partial charge on any atom is 0.289 e. The van der Waals surface area contributed by atoms with Gasteiger partial charge >= 0.3 is 0 Å². The summed E-state index contributed by atoms with van der Waals surface area (Å²) in [5, 5.41) is 14.1. The Balaban J connectivity index is 1.55. The average molecular weight is 701 g/mol. The number of fused-ring (bicyclic) bond motifs is 1. The molecule has 3 saturated carbocycles. The lowest BCUT2D eigenvalue weighted by atomic mass is 9.82. The molecular weight excluding hydrogens is 640 g/mol. The molecule has 0 aromatic heterocycles. The van der Waals surface area contributed by atoms with Crippen molar-refractivity contribution in [3.8, 4) is 0 Å². The first-order valence-corrected chi connectivity index (χ1v) is 19.0. The molecule has 50 heavy (non-hydrogen) atoms. The van der Waals surface area contributed by atoms with Crippen LogP contribution < -0.4 is 26.6 Å². The summed E-state index contributed by atoms with van der Waals surface area (Å²) in [5.41, 5.74) is -0.753. The van der Waals surface area contributed by atoms with Crippen molar-refractivity contribution in [3.63, 3.8) is 0 Å². The van der Waals surface area contributed by atoms with Crippen molar-refractivity contribution in [2.24, 2.45) is 23.2 Å². The van der Waals surface area contributed by atoms with Gasteiger partial charge in [-0.25, -0.2) is 0 Å². The van der Waals surface area contributed by atoms with Crippen LogP contribution in [0.5, 0.6) is 0 Å². The summed E-state index contributed by atoms with van der Waals surface area (Å²) in [6.07, 6.45) is 9.71. The van der Waals surface area contributed by atoms with E-state index in [1.807, 2.05) is 27.7 Å². The molecule has 4 aliphatic rings. The largest absolute Gasteiger partial charge is 0.347 e. The highest BCUT2D eigenvalue weighted by molar-refractivity contribution is 6.38. The summed E-state index contributed by atoms with van der Waals surface area (Å²) < 4.78 is 0. The fraction of sp³-hybridized carbons (Fsp3) is 0.811. The Bertz CT molecular complexity index is 1290. The lowest BCUT2D eigenvalue weighted by molar-refractivity contribution is -0.146. The van der Waals surface area contributed by atoms with E-state index in [-0.39, 0.29) is 42.0 Å². The number of carbonyl (C=O) groups is 7. The molecule has 13 heteroatoms. The van der Waals surface area contributed by atoms with E-state index in [2.05, 4.69) is 26.6 Å². The molecule has 0 radical (unpaired) electrons. The fourth-order valence-corrected chi connectivity index (χ4v) is 7.92. The average Bonchev–Trinajstić information content (AvgIpc) is 3.64. The van der Waals surface area contributed by atoms with E-state index in [0.717, 1.165) is 64.2 Å². The standard InChI is InChI=1S/C37H60N6O7/c1-7-13-26(30(45)35(49)39-24-18-19-24)40-34(48)29-25-17-12-16-23(25)20-43(29)36(50)31(37(4,5)6)42-33(47)28(22-14-10-9-11-15-22)41-32(46)21(3)38-27(44)8-2/h21-26,28-29,31H,7-20H2,1-6H3,(H,38,44)(H,39,49)(H,40,48)(H,41,46)(H,42,47)/t21-,23+,25+,26+,28+,29+,31-/m1/s1. The molecule has 0 aromatic carbocycles. The molecule has 5 N–H and O–H groups in total. The van der Waals surface area contributed by atoms with Crippen LogP contribution in [0.4, 0.5) is 0 Å². The number of nitrogens with one attached hydrogen (secondary N) is 5. The highest BCUT2D eigenvalue weighted by Gasteiger charge is 2.52. The molecule has 0 bridgehead atoms. The molecular formula is C37H60N6O7. The van der Waals surface area contributed by atoms with Gasteiger partial charge in [-0.15, -0.1) is 0 Å². The van der Waals surface area contributed by atoms with Gasteiger partial charge in [-0.05, 0) is 75.0 Å². The Labute approximate surface area is 296 Å². The molecule has 6 amide bonds. The van der Waals surface area contributed by atoms with Crippen molar-refractivity contribution in [2.75, 3.05) is 6.54 Å². The first-order chi connectivity index (χ1) is 23.7. The normalized spacial score (nSPS) is 24.6. The van der Waals surface area contributed by atoms with Gasteiger partial charge in [0, 0.05) is 19.0 Å². The van der Waals surface area contributed by atoms with Crippen LogP contribution in [0.3, 0.4) is 0 Å². The zero-order valence-electron chi connectivity index (χ0n) is 30.9. The molecule has 4 rings (SSSR count). The summed E-state index contributed by atoms with van der Waals surface area (Å²) in [4.78, 5) is 95.4. The number of likely N-dealkylation sites (tertiary alicyclic amines) is 1. The van der Waals surface area contributed by atoms with Crippen molar-refractivity contribution >= 4 is 41.2 Å². The number of Topliss-reactive ketones (excluding diaryl/α,β-unsaturated/α-hetero) is 1. The molecule has 0 aromatic rings. The molecule has 280 valence electrons. The van der Waals surface area contributed by atoms with Crippen LogP contribution >= 0.6 is 0 Å². The first-order valence-electron chi connectivity index (χ1n) is 19.0. The predicted octanol–water partition coefficient (Wildman–Crippen LogP) is 2.26. The molecule has 1 saturated heterocycles. The van der Waals surface area contributed by atoms with E-state index in [4.69, 9.17) is 0 Å². The third kappa shape index (κ3) is 9.84. The lowest BCUT2D eigenvalue weighted by Gasteiger charge is -2.38. The molecule has 4 fully saturated rings. The maximum atomic E-state index is 14.6. The van der Waals surface area contributed by atoms with Crippen molar-refractivity contribution in [2.45, 2.75) is 161 Å². The van der Waals surface area contributed by atoms with Gasteiger partial charge in [-0.1, -0.05) is 66.7 Å². The molecule has 7 atom stereocenters.